The van der Waals surface area contributed by atoms with Gasteiger partial charge in [-0.1, -0.05) is 23.7 Å². The van der Waals surface area contributed by atoms with Crippen LogP contribution in [0.4, 0.5) is 0 Å². The second kappa shape index (κ2) is 5.84. The van der Waals surface area contributed by atoms with Gasteiger partial charge in [-0.15, -0.1) is 0 Å². The lowest BCUT2D eigenvalue weighted by Crippen LogP contribution is -2.35. The van der Waals surface area contributed by atoms with Gasteiger partial charge in [-0.25, -0.2) is 9.79 Å². The fraction of sp³-hybridized carbons (Fsp3) is 0.154. The standard InChI is InChI=1S/C13H9ClN2O5/c1-7-6-10(11(16(19)20)12(17)15-7)21-13(18)8-4-2-3-5-9(8)14/h2-6,11H,1H3. The maximum atomic E-state index is 12.0. The third-order valence-corrected chi connectivity index (χ3v) is 2.99. The average molecular weight is 309 g/mol. The van der Waals surface area contributed by atoms with Crippen LogP contribution < -0.4 is 0 Å². The van der Waals surface area contributed by atoms with Crippen LogP contribution in [-0.2, 0) is 9.53 Å². The molecular weight excluding hydrogens is 300 g/mol. The van der Waals surface area contributed by atoms with Crippen molar-refractivity contribution in [3.05, 3.63) is 56.8 Å². The quantitative estimate of drug-likeness (QED) is 0.483. The molecule has 0 aromatic heterocycles. The van der Waals surface area contributed by atoms with E-state index in [9.17, 15) is 19.7 Å². The first-order chi connectivity index (χ1) is 9.90. The second-order valence-corrected chi connectivity index (χ2v) is 4.60. The van der Waals surface area contributed by atoms with Crippen molar-refractivity contribution in [1.82, 2.24) is 0 Å². The highest BCUT2D eigenvalue weighted by Gasteiger charge is 2.39. The molecule has 1 aliphatic rings. The normalized spacial score (nSPS) is 17.8. The Balaban J connectivity index is 2.30. The molecule has 1 unspecified atom stereocenters. The van der Waals surface area contributed by atoms with Crippen LogP contribution in [0.3, 0.4) is 0 Å². The molecule has 1 aromatic rings. The summed E-state index contributed by atoms with van der Waals surface area (Å²) in [6.07, 6.45) is 1.18. The second-order valence-electron chi connectivity index (χ2n) is 4.20. The molecule has 0 spiro atoms. The first-order valence-corrected chi connectivity index (χ1v) is 6.19. The molecule has 0 saturated carbocycles. The number of aliphatic imine (C=N–C) groups is 1. The van der Waals surface area contributed by atoms with Gasteiger partial charge in [0.15, 0.2) is 5.76 Å². The maximum Gasteiger partial charge on any atom is 0.348 e. The van der Waals surface area contributed by atoms with Crippen LogP contribution in [0.5, 0.6) is 0 Å². The lowest BCUT2D eigenvalue weighted by atomic mass is 10.1. The number of hydrogen-bond acceptors (Lipinski definition) is 5. The van der Waals surface area contributed by atoms with Gasteiger partial charge in [0.05, 0.1) is 10.6 Å². The van der Waals surface area contributed by atoms with Crippen LogP contribution in [0.1, 0.15) is 17.3 Å². The van der Waals surface area contributed by atoms with E-state index in [-0.39, 0.29) is 22.1 Å². The summed E-state index contributed by atoms with van der Waals surface area (Å²) < 4.78 is 4.97. The Hall–Kier alpha value is -2.54. The van der Waals surface area contributed by atoms with E-state index >= 15 is 0 Å². The Kier molecular flexibility index (Phi) is 4.13. The van der Waals surface area contributed by atoms with Gasteiger partial charge < -0.3 is 4.74 Å². The minimum atomic E-state index is -1.82. The Morgan fingerprint density at radius 1 is 1.43 bits per heavy atom. The molecule has 0 N–H and O–H groups in total. The number of esters is 1. The van der Waals surface area contributed by atoms with E-state index in [1.165, 1.54) is 25.1 Å². The zero-order valence-electron chi connectivity index (χ0n) is 10.8. The molecule has 0 saturated heterocycles. The summed E-state index contributed by atoms with van der Waals surface area (Å²) >= 11 is 5.85. The number of nitro groups is 1. The predicted molar refractivity (Wildman–Crippen MR) is 73.8 cm³/mol. The molecule has 1 heterocycles. The van der Waals surface area contributed by atoms with Crippen LogP contribution in [-0.4, -0.2) is 28.6 Å². The summed E-state index contributed by atoms with van der Waals surface area (Å²) in [5.41, 5.74) is 0.273. The number of halogens is 1. The van der Waals surface area contributed by atoms with E-state index in [1.807, 2.05) is 0 Å². The summed E-state index contributed by atoms with van der Waals surface area (Å²) in [7, 11) is 0. The number of ether oxygens (including phenoxy) is 1. The fourth-order valence-electron chi connectivity index (χ4n) is 1.74. The summed E-state index contributed by atoms with van der Waals surface area (Å²) in [5, 5.41) is 11.1. The van der Waals surface area contributed by atoms with Gasteiger partial charge in [0.1, 0.15) is 0 Å². The molecule has 0 radical (unpaired) electrons. The molecule has 1 amide bonds. The molecule has 0 fully saturated rings. The smallest absolute Gasteiger partial charge is 0.348 e. The Morgan fingerprint density at radius 2 is 2.10 bits per heavy atom. The Morgan fingerprint density at radius 3 is 2.71 bits per heavy atom. The highest BCUT2D eigenvalue weighted by Crippen LogP contribution is 2.21. The van der Waals surface area contributed by atoms with Crippen LogP contribution in [0.25, 0.3) is 0 Å². The van der Waals surface area contributed by atoms with E-state index in [0.717, 1.165) is 0 Å². The van der Waals surface area contributed by atoms with Crippen molar-refractivity contribution in [2.24, 2.45) is 4.99 Å². The molecule has 0 bridgehead atoms. The van der Waals surface area contributed by atoms with Crippen molar-refractivity contribution in [2.45, 2.75) is 13.0 Å². The minimum absolute atomic E-state index is 0.0507. The third-order valence-electron chi connectivity index (χ3n) is 2.66. The monoisotopic (exact) mass is 308 g/mol. The number of nitrogens with zero attached hydrogens (tertiary/aromatic N) is 2. The summed E-state index contributed by atoms with van der Waals surface area (Å²) in [6, 6.07) is 4.27. The Labute approximate surface area is 124 Å². The van der Waals surface area contributed by atoms with Gasteiger partial charge in [-0.3, -0.25) is 14.9 Å². The summed E-state index contributed by atoms with van der Waals surface area (Å²) in [6.45, 7) is 1.47. The molecule has 21 heavy (non-hydrogen) atoms. The molecule has 8 heteroatoms. The first-order valence-electron chi connectivity index (χ1n) is 5.81. The molecule has 1 aliphatic heterocycles. The maximum absolute atomic E-state index is 12.0. The molecular formula is C13H9ClN2O5. The molecule has 1 atom stereocenters. The number of hydrogen-bond donors (Lipinski definition) is 0. The summed E-state index contributed by atoms with van der Waals surface area (Å²) in [4.78, 5) is 37.1. The van der Waals surface area contributed by atoms with Crippen LogP contribution in [0.15, 0.2) is 41.1 Å². The van der Waals surface area contributed by atoms with Crippen molar-refractivity contribution < 1.29 is 19.2 Å². The highest BCUT2D eigenvalue weighted by atomic mass is 35.5. The number of amides is 1. The van der Waals surface area contributed by atoms with Crippen molar-refractivity contribution in [3.8, 4) is 0 Å². The lowest BCUT2D eigenvalue weighted by Gasteiger charge is -2.14. The van der Waals surface area contributed by atoms with Crippen molar-refractivity contribution in [1.29, 1.82) is 0 Å². The topological polar surface area (TPSA) is 98.9 Å². The number of carbonyl (C=O) groups excluding carboxylic acids is 2. The van der Waals surface area contributed by atoms with Gasteiger partial charge in [-0.2, -0.15) is 0 Å². The van der Waals surface area contributed by atoms with E-state index in [2.05, 4.69) is 4.99 Å². The van der Waals surface area contributed by atoms with Crippen LogP contribution >= 0.6 is 11.6 Å². The molecule has 0 aliphatic carbocycles. The van der Waals surface area contributed by atoms with E-state index < -0.39 is 22.8 Å². The van der Waals surface area contributed by atoms with Crippen LogP contribution in [0, 0.1) is 10.1 Å². The number of benzene rings is 1. The lowest BCUT2D eigenvalue weighted by molar-refractivity contribution is -0.501. The largest absolute Gasteiger partial charge is 0.419 e. The third kappa shape index (κ3) is 3.14. The number of rotatable bonds is 3. The van der Waals surface area contributed by atoms with Gasteiger partial charge in [0, 0.05) is 16.7 Å². The SMILES string of the molecule is CC1=NC(=O)C([N+](=O)[O-])C(OC(=O)c2ccccc2Cl)=C1. The molecule has 108 valence electrons. The van der Waals surface area contributed by atoms with Gasteiger partial charge in [0.25, 0.3) is 0 Å². The van der Waals surface area contributed by atoms with Crippen molar-refractivity contribution in [3.63, 3.8) is 0 Å². The fourth-order valence-corrected chi connectivity index (χ4v) is 1.95. The van der Waals surface area contributed by atoms with Gasteiger partial charge in [-0.05, 0) is 19.1 Å². The predicted octanol–water partition coefficient (Wildman–Crippen LogP) is 2.03. The van der Waals surface area contributed by atoms with Crippen LogP contribution in [0.2, 0.25) is 5.02 Å². The molecule has 7 nitrogen and oxygen atoms in total. The van der Waals surface area contributed by atoms with Gasteiger partial charge >= 0.3 is 17.9 Å². The zero-order valence-corrected chi connectivity index (χ0v) is 11.5. The number of dihydropyridines is 1. The van der Waals surface area contributed by atoms with Gasteiger partial charge in [0.2, 0.25) is 0 Å². The van der Waals surface area contributed by atoms with E-state index in [0.29, 0.717) is 0 Å². The average Bonchev–Trinajstić information content (AvgIpc) is 2.37. The van der Waals surface area contributed by atoms with E-state index in [1.54, 1.807) is 12.1 Å². The number of carbonyl (C=O) groups is 2. The van der Waals surface area contributed by atoms with Crippen molar-refractivity contribution >= 4 is 29.2 Å². The molecule has 1 aromatic carbocycles. The first kappa shape index (κ1) is 14.9. The Bertz CT molecular complexity index is 696. The zero-order chi connectivity index (χ0) is 15.6. The summed E-state index contributed by atoms with van der Waals surface area (Å²) in [5.74, 6) is -2.23. The van der Waals surface area contributed by atoms with E-state index in [4.69, 9.17) is 16.3 Å². The minimum Gasteiger partial charge on any atom is -0.419 e. The molecule has 2 rings (SSSR count). The van der Waals surface area contributed by atoms with Crippen molar-refractivity contribution in [2.75, 3.05) is 0 Å². The number of allylic oxidation sites excluding steroid dienone is 1. The highest BCUT2D eigenvalue weighted by molar-refractivity contribution is 6.33.